The number of para-hydroxylation sites is 1. The van der Waals surface area contributed by atoms with Gasteiger partial charge in [0.1, 0.15) is 5.00 Å². The fourth-order valence-electron chi connectivity index (χ4n) is 3.76. The number of aromatic nitrogens is 3. The van der Waals surface area contributed by atoms with Crippen LogP contribution in [0.15, 0.2) is 34.2 Å². The number of H-pyrrole nitrogens is 1. The molecule has 182 valence electrons. The van der Waals surface area contributed by atoms with Crippen LogP contribution in [0.25, 0.3) is 11.3 Å². The number of thioether (sulfide) groups is 1. The van der Waals surface area contributed by atoms with E-state index in [9.17, 15) is 19.2 Å². The number of thiophene rings is 1. The van der Waals surface area contributed by atoms with E-state index in [-0.39, 0.29) is 35.0 Å². The number of carbonyl (C=O) groups is 3. The molecule has 1 aliphatic rings. The lowest BCUT2D eigenvalue weighted by molar-refractivity contribution is -0.114. The van der Waals surface area contributed by atoms with E-state index in [4.69, 9.17) is 4.74 Å². The van der Waals surface area contributed by atoms with Gasteiger partial charge in [0, 0.05) is 17.4 Å². The number of rotatable bonds is 8. The van der Waals surface area contributed by atoms with E-state index in [1.54, 1.807) is 31.2 Å². The van der Waals surface area contributed by atoms with Crippen molar-refractivity contribution in [2.45, 2.75) is 38.3 Å². The molecule has 3 N–H and O–H groups in total. The van der Waals surface area contributed by atoms with E-state index in [1.165, 1.54) is 18.3 Å². The number of fused-ring (bicyclic) bond motifs is 1. The Morgan fingerprint density at radius 3 is 2.71 bits per heavy atom. The zero-order valence-corrected chi connectivity index (χ0v) is 20.7. The molecule has 2 aromatic heterocycles. The molecule has 2 amide bonds. The van der Waals surface area contributed by atoms with Gasteiger partial charge in [-0.3, -0.25) is 19.4 Å². The molecule has 0 fully saturated rings. The van der Waals surface area contributed by atoms with Gasteiger partial charge in [-0.05, 0) is 37.8 Å². The van der Waals surface area contributed by atoms with E-state index >= 15 is 0 Å². The van der Waals surface area contributed by atoms with Gasteiger partial charge in [-0.15, -0.1) is 21.5 Å². The Bertz CT molecular complexity index is 1350. The molecule has 0 saturated carbocycles. The first-order valence-corrected chi connectivity index (χ1v) is 12.8. The van der Waals surface area contributed by atoms with E-state index < -0.39 is 11.5 Å². The summed E-state index contributed by atoms with van der Waals surface area (Å²) in [5.74, 6) is -1.09. The summed E-state index contributed by atoms with van der Waals surface area (Å²) in [7, 11) is 0. The predicted molar refractivity (Wildman–Crippen MR) is 134 cm³/mol. The summed E-state index contributed by atoms with van der Waals surface area (Å²) in [6.45, 7) is 3.37. The Hall–Kier alpha value is -3.51. The van der Waals surface area contributed by atoms with Crippen LogP contribution in [0.2, 0.25) is 0 Å². The van der Waals surface area contributed by atoms with E-state index in [2.05, 4.69) is 25.8 Å². The van der Waals surface area contributed by atoms with Crippen LogP contribution in [0, 0.1) is 0 Å². The summed E-state index contributed by atoms with van der Waals surface area (Å²) in [6.07, 6.45) is 2.65. The van der Waals surface area contributed by atoms with Crippen LogP contribution in [-0.2, 0) is 27.2 Å². The molecule has 12 heteroatoms. The maximum absolute atomic E-state index is 12.6. The van der Waals surface area contributed by atoms with Crippen LogP contribution >= 0.6 is 23.1 Å². The maximum Gasteiger partial charge on any atom is 0.341 e. The molecule has 35 heavy (non-hydrogen) atoms. The standard InChI is InChI=1S/C23H23N5O5S2/c1-3-33-22(32)18-14-8-6-10-16(14)35-21(18)25-17(30)11-34-23-26-20(31)19(27-28-23)13-7-4-5-9-15(13)24-12(2)29/h4-5,7,9H,3,6,8,10-11H2,1-2H3,(H,24,29)(H,25,30)(H,26,28,31). The minimum atomic E-state index is -0.500. The number of aryl methyl sites for hydroxylation is 1. The minimum Gasteiger partial charge on any atom is -0.462 e. The van der Waals surface area contributed by atoms with E-state index in [1.807, 2.05) is 0 Å². The Balaban J connectivity index is 1.45. The summed E-state index contributed by atoms with van der Waals surface area (Å²) in [5.41, 5.74) is 1.83. The van der Waals surface area contributed by atoms with Gasteiger partial charge < -0.3 is 15.4 Å². The van der Waals surface area contributed by atoms with Gasteiger partial charge >= 0.3 is 5.97 Å². The second-order valence-electron chi connectivity index (χ2n) is 7.65. The van der Waals surface area contributed by atoms with Crippen molar-refractivity contribution in [2.24, 2.45) is 0 Å². The second kappa shape index (κ2) is 10.8. The smallest absolute Gasteiger partial charge is 0.341 e. The van der Waals surface area contributed by atoms with Crippen molar-refractivity contribution in [2.75, 3.05) is 23.0 Å². The molecule has 3 aromatic rings. The van der Waals surface area contributed by atoms with Gasteiger partial charge in [0.15, 0.2) is 10.9 Å². The number of carbonyl (C=O) groups excluding carboxylic acids is 3. The van der Waals surface area contributed by atoms with Gasteiger partial charge in [0.05, 0.1) is 23.6 Å². The molecule has 0 atom stereocenters. The molecular weight excluding hydrogens is 490 g/mol. The van der Waals surface area contributed by atoms with Crippen LogP contribution in [-0.4, -0.2) is 45.3 Å². The second-order valence-corrected chi connectivity index (χ2v) is 9.72. The summed E-state index contributed by atoms with van der Waals surface area (Å²) in [6, 6.07) is 6.77. The number of nitrogens with zero attached hydrogens (tertiary/aromatic N) is 2. The van der Waals surface area contributed by atoms with E-state index in [0.29, 0.717) is 21.8 Å². The van der Waals surface area contributed by atoms with Crippen LogP contribution in [0.1, 0.15) is 41.1 Å². The van der Waals surface area contributed by atoms with Crippen LogP contribution in [0.5, 0.6) is 0 Å². The third-order valence-corrected chi connectivity index (χ3v) is 7.23. The van der Waals surface area contributed by atoms with Gasteiger partial charge in [-0.25, -0.2) is 4.79 Å². The number of benzene rings is 1. The molecule has 0 aliphatic heterocycles. The lowest BCUT2D eigenvalue weighted by Gasteiger charge is -2.09. The monoisotopic (exact) mass is 513 g/mol. The van der Waals surface area contributed by atoms with Gasteiger partial charge in [-0.1, -0.05) is 30.0 Å². The number of nitrogens with one attached hydrogen (secondary N) is 3. The third kappa shape index (κ3) is 5.60. The highest BCUT2D eigenvalue weighted by atomic mass is 32.2. The first-order chi connectivity index (χ1) is 16.9. The zero-order chi connectivity index (χ0) is 24.9. The fourth-order valence-corrected chi connectivity index (χ4v) is 5.66. The van der Waals surface area contributed by atoms with Crippen molar-refractivity contribution in [1.29, 1.82) is 0 Å². The third-order valence-electron chi connectivity index (χ3n) is 5.16. The predicted octanol–water partition coefficient (Wildman–Crippen LogP) is 3.25. The summed E-state index contributed by atoms with van der Waals surface area (Å²) < 4.78 is 5.18. The van der Waals surface area contributed by atoms with Crippen molar-refractivity contribution in [3.63, 3.8) is 0 Å². The number of aromatic amines is 1. The highest BCUT2D eigenvalue weighted by Crippen LogP contribution is 2.39. The molecule has 0 bridgehead atoms. The first-order valence-electron chi connectivity index (χ1n) is 11.0. The Morgan fingerprint density at radius 2 is 1.97 bits per heavy atom. The highest BCUT2D eigenvalue weighted by molar-refractivity contribution is 7.99. The van der Waals surface area contributed by atoms with Crippen molar-refractivity contribution < 1.29 is 19.1 Å². The summed E-state index contributed by atoms with van der Waals surface area (Å²) in [4.78, 5) is 52.9. The topological polar surface area (TPSA) is 143 Å². The molecule has 2 heterocycles. The number of amides is 2. The summed E-state index contributed by atoms with van der Waals surface area (Å²) >= 11 is 2.42. The maximum atomic E-state index is 12.6. The van der Waals surface area contributed by atoms with Crippen molar-refractivity contribution in [3.8, 4) is 11.3 Å². The molecule has 1 aliphatic carbocycles. The quantitative estimate of drug-likeness (QED) is 0.308. The Labute approximate surface area is 208 Å². The number of ether oxygens (including phenoxy) is 1. The van der Waals surface area contributed by atoms with Crippen molar-refractivity contribution in [3.05, 3.63) is 50.6 Å². The molecule has 0 unspecified atom stereocenters. The zero-order valence-electron chi connectivity index (χ0n) is 19.1. The minimum absolute atomic E-state index is 0.0444. The molecular formula is C23H23N5O5S2. The first kappa shape index (κ1) is 24.6. The number of anilines is 2. The van der Waals surface area contributed by atoms with E-state index in [0.717, 1.165) is 41.5 Å². The van der Waals surface area contributed by atoms with Gasteiger partial charge in [0.2, 0.25) is 11.8 Å². The van der Waals surface area contributed by atoms with Crippen LogP contribution in [0.4, 0.5) is 10.7 Å². The summed E-state index contributed by atoms with van der Waals surface area (Å²) in [5, 5.41) is 14.2. The molecule has 0 spiro atoms. The van der Waals surface area contributed by atoms with Crippen molar-refractivity contribution in [1.82, 2.24) is 15.2 Å². The highest BCUT2D eigenvalue weighted by Gasteiger charge is 2.28. The Morgan fingerprint density at radius 1 is 1.17 bits per heavy atom. The lowest BCUT2D eigenvalue weighted by atomic mass is 10.1. The lowest BCUT2D eigenvalue weighted by Crippen LogP contribution is -2.18. The fraction of sp³-hybridized carbons (Fsp3) is 0.304. The SMILES string of the molecule is CCOC(=O)c1c(NC(=O)CSc2nnc(-c3ccccc3NC(C)=O)c(=O)[nH]2)sc2c1CCC2. The molecule has 10 nitrogen and oxygen atoms in total. The number of hydrogen-bond acceptors (Lipinski definition) is 9. The van der Waals surface area contributed by atoms with Crippen LogP contribution in [0.3, 0.4) is 0 Å². The average Bonchev–Trinajstić information content (AvgIpc) is 3.39. The van der Waals surface area contributed by atoms with Crippen molar-refractivity contribution >= 4 is 51.6 Å². The van der Waals surface area contributed by atoms with Gasteiger partial charge in [0.25, 0.3) is 5.56 Å². The molecule has 0 radical (unpaired) electrons. The number of esters is 1. The van der Waals surface area contributed by atoms with Gasteiger partial charge in [-0.2, -0.15) is 0 Å². The number of hydrogen-bond donors (Lipinski definition) is 3. The van der Waals surface area contributed by atoms with Crippen LogP contribution < -0.4 is 16.2 Å². The molecule has 4 rings (SSSR count). The average molecular weight is 514 g/mol. The largest absolute Gasteiger partial charge is 0.462 e. The molecule has 0 saturated heterocycles. The Kier molecular flexibility index (Phi) is 7.61. The molecule has 1 aromatic carbocycles. The normalized spacial score (nSPS) is 12.2.